The van der Waals surface area contributed by atoms with Crippen molar-refractivity contribution < 1.29 is 0 Å². The number of benzene rings is 5. The molecule has 0 bridgehead atoms. The lowest BCUT2D eigenvalue weighted by Gasteiger charge is -2.34. The fourth-order valence-corrected chi connectivity index (χ4v) is 11.0. The lowest BCUT2D eigenvalue weighted by molar-refractivity contribution is 0.433. The Morgan fingerprint density at radius 3 is 2.50 bits per heavy atom. The quantitative estimate of drug-likeness (QED) is 0.185. The SMILES string of the molecule is CCc1cc2sc3ccccc3c2cc1C1NC(c2cc#cc3c2Cc2ccc(-c4cccc5c4sc4ccccc45)cc2-3)=NC(C2=CC=CCC=C2)N1. The van der Waals surface area contributed by atoms with E-state index < -0.39 is 0 Å². The van der Waals surface area contributed by atoms with Gasteiger partial charge in [-0.05, 0) is 93.8 Å². The first-order chi connectivity index (χ1) is 26.7. The topological polar surface area (TPSA) is 36.4 Å². The van der Waals surface area contributed by atoms with Gasteiger partial charge in [0, 0.05) is 57.9 Å². The number of nitrogens with zero attached hydrogens (tertiary/aromatic N) is 1. The highest BCUT2D eigenvalue weighted by atomic mass is 32.1. The van der Waals surface area contributed by atoms with Gasteiger partial charge in [-0.1, -0.05) is 116 Å². The fraction of sp³-hybridized carbons (Fsp3) is 0.122. The largest absolute Gasteiger partial charge is 0.350 e. The standard InChI is InChI=1S/C49H35N3S2/c1-2-29-27-45-42(36-16-8-9-21-43(36)53-45)28-40(29)49-51-47(30-13-5-3-4-6-14-30)50-48(52-49)38-20-12-18-34-39-25-31(23-24-32(39)26-41(34)38)33-17-11-19-37-35-15-7-10-22-44(35)54-46(33)37/h3,5-11,13-17,19-25,27-28,47,49,51H,2,4,26H2,1H3,(H,50,52). The van der Waals surface area contributed by atoms with Gasteiger partial charge in [-0.2, -0.15) is 0 Å². The minimum absolute atomic E-state index is 0.140. The molecule has 54 heavy (non-hydrogen) atoms. The third-order valence-corrected chi connectivity index (χ3v) is 13.6. The first-order valence-electron chi connectivity index (χ1n) is 18.8. The van der Waals surface area contributed by atoms with Crippen molar-refractivity contribution in [2.75, 3.05) is 0 Å². The number of hydrogen-bond donors (Lipinski definition) is 2. The third-order valence-electron chi connectivity index (χ3n) is 11.3. The maximum atomic E-state index is 5.42. The Labute approximate surface area is 322 Å². The predicted molar refractivity (Wildman–Crippen MR) is 230 cm³/mol. The minimum atomic E-state index is -0.220. The molecule has 2 N–H and O–H groups in total. The number of fused-ring (bicyclic) bond motifs is 9. The van der Waals surface area contributed by atoms with Crippen molar-refractivity contribution in [2.45, 2.75) is 38.5 Å². The number of rotatable bonds is 5. The molecule has 5 heteroatoms. The molecule has 0 saturated heterocycles. The van der Waals surface area contributed by atoms with Crippen LogP contribution in [-0.4, -0.2) is 12.0 Å². The van der Waals surface area contributed by atoms with E-state index in [0.29, 0.717) is 0 Å². The van der Waals surface area contributed by atoms with E-state index in [4.69, 9.17) is 4.99 Å². The van der Waals surface area contributed by atoms with Crippen molar-refractivity contribution in [3.63, 3.8) is 0 Å². The summed E-state index contributed by atoms with van der Waals surface area (Å²) in [6, 6.07) is 45.1. The summed E-state index contributed by atoms with van der Waals surface area (Å²) < 4.78 is 5.33. The summed E-state index contributed by atoms with van der Waals surface area (Å²) in [7, 11) is 0. The smallest absolute Gasteiger partial charge is 0.132 e. The lowest BCUT2D eigenvalue weighted by Crippen LogP contribution is -2.49. The van der Waals surface area contributed by atoms with Gasteiger partial charge in [-0.15, -0.1) is 22.7 Å². The second kappa shape index (κ2) is 12.7. The normalized spacial score (nSPS) is 17.6. The molecule has 2 atom stereocenters. The van der Waals surface area contributed by atoms with Crippen LogP contribution < -0.4 is 10.6 Å². The fourth-order valence-electron chi connectivity index (χ4n) is 8.61. The van der Waals surface area contributed by atoms with E-state index in [0.717, 1.165) is 41.8 Å². The predicted octanol–water partition coefficient (Wildman–Crippen LogP) is 12.2. The van der Waals surface area contributed by atoms with Crippen LogP contribution in [0.4, 0.5) is 0 Å². The molecule has 258 valence electrons. The number of allylic oxidation sites excluding steroid dienone is 4. The molecule has 2 aliphatic carbocycles. The van der Waals surface area contributed by atoms with Gasteiger partial charge >= 0.3 is 0 Å². The maximum Gasteiger partial charge on any atom is 0.132 e. The van der Waals surface area contributed by atoms with E-state index in [1.807, 2.05) is 22.7 Å². The van der Waals surface area contributed by atoms with Crippen LogP contribution in [0.3, 0.4) is 0 Å². The highest BCUT2D eigenvalue weighted by molar-refractivity contribution is 7.26. The van der Waals surface area contributed by atoms with Crippen LogP contribution in [0.2, 0.25) is 0 Å². The maximum absolute atomic E-state index is 5.42. The molecule has 2 aromatic heterocycles. The molecule has 0 spiro atoms. The molecule has 3 nitrogen and oxygen atoms in total. The van der Waals surface area contributed by atoms with Crippen LogP contribution in [0.25, 0.3) is 62.6 Å². The van der Waals surface area contributed by atoms with E-state index in [1.165, 1.54) is 79.3 Å². The molecule has 0 fully saturated rings. The van der Waals surface area contributed by atoms with E-state index in [9.17, 15) is 0 Å². The van der Waals surface area contributed by atoms with Crippen LogP contribution in [0.1, 0.15) is 47.3 Å². The lowest BCUT2D eigenvalue weighted by atomic mass is 9.96. The molecule has 0 saturated carbocycles. The number of thiophene rings is 2. The molecule has 3 aliphatic rings. The van der Waals surface area contributed by atoms with E-state index in [-0.39, 0.29) is 12.3 Å². The van der Waals surface area contributed by atoms with Crippen molar-refractivity contribution in [1.82, 2.24) is 10.6 Å². The molecule has 8 aromatic rings. The first-order valence-corrected chi connectivity index (χ1v) is 20.4. The summed E-state index contributed by atoms with van der Waals surface area (Å²) in [5.74, 6) is 0.896. The Morgan fingerprint density at radius 2 is 1.61 bits per heavy atom. The summed E-state index contributed by atoms with van der Waals surface area (Å²) >= 11 is 3.76. The highest BCUT2D eigenvalue weighted by Crippen LogP contribution is 2.44. The van der Waals surface area contributed by atoms with E-state index in [2.05, 4.69) is 163 Å². The summed E-state index contributed by atoms with van der Waals surface area (Å²) in [6.07, 6.45) is 13.3. The van der Waals surface area contributed by atoms with Gasteiger partial charge in [0.2, 0.25) is 0 Å². The van der Waals surface area contributed by atoms with Crippen molar-refractivity contribution in [3.05, 3.63) is 179 Å². The summed E-state index contributed by atoms with van der Waals surface area (Å²) in [4.78, 5) is 5.42. The van der Waals surface area contributed by atoms with Crippen LogP contribution in [0, 0.1) is 12.1 Å². The number of aryl methyl sites for hydroxylation is 1. The van der Waals surface area contributed by atoms with Crippen molar-refractivity contribution in [2.24, 2.45) is 4.99 Å². The average Bonchev–Trinajstić information content (AvgIpc) is 3.83. The van der Waals surface area contributed by atoms with Gasteiger partial charge < -0.3 is 5.32 Å². The van der Waals surface area contributed by atoms with Gasteiger partial charge in [0.05, 0.1) is 0 Å². The summed E-state index contributed by atoms with van der Waals surface area (Å²) in [5.41, 5.74) is 12.3. The molecule has 11 rings (SSSR count). The molecular weight excluding hydrogens is 695 g/mol. The molecular formula is C49H35N3S2. The van der Waals surface area contributed by atoms with Crippen LogP contribution >= 0.6 is 22.7 Å². The highest BCUT2D eigenvalue weighted by Gasteiger charge is 2.31. The molecule has 2 unspecified atom stereocenters. The van der Waals surface area contributed by atoms with Crippen molar-refractivity contribution >= 4 is 68.9 Å². The second-order valence-corrected chi connectivity index (χ2v) is 16.5. The van der Waals surface area contributed by atoms with Gasteiger partial charge in [-0.25, -0.2) is 4.99 Å². The Bertz CT molecular complexity index is 2950. The van der Waals surface area contributed by atoms with Crippen LogP contribution in [0.15, 0.2) is 144 Å². The molecule has 6 aromatic carbocycles. The molecule has 1 aliphatic heterocycles. The number of aliphatic imine (C=N–C) groups is 1. The summed E-state index contributed by atoms with van der Waals surface area (Å²) in [6.45, 7) is 2.26. The van der Waals surface area contributed by atoms with Gasteiger partial charge in [0.15, 0.2) is 0 Å². The number of amidine groups is 1. The third kappa shape index (κ3) is 5.10. The Morgan fingerprint density at radius 1 is 0.778 bits per heavy atom. The number of nitrogens with one attached hydrogen (secondary N) is 2. The van der Waals surface area contributed by atoms with Crippen LogP contribution in [-0.2, 0) is 12.8 Å². The van der Waals surface area contributed by atoms with E-state index >= 15 is 0 Å². The average molecular weight is 730 g/mol. The van der Waals surface area contributed by atoms with E-state index in [1.54, 1.807) is 0 Å². The Balaban J connectivity index is 1.02. The second-order valence-electron chi connectivity index (χ2n) is 14.4. The zero-order valence-corrected chi connectivity index (χ0v) is 31.4. The van der Waals surface area contributed by atoms with Crippen molar-refractivity contribution in [3.8, 4) is 22.3 Å². The molecule has 0 radical (unpaired) electrons. The van der Waals surface area contributed by atoms with Gasteiger partial charge in [0.25, 0.3) is 0 Å². The monoisotopic (exact) mass is 729 g/mol. The molecule has 0 amide bonds. The van der Waals surface area contributed by atoms with Crippen molar-refractivity contribution in [1.29, 1.82) is 0 Å². The number of hydrogen-bond acceptors (Lipinski definition) is 5. The zero-order chi connectivity index (χ0) is 35.8. The van der Waals surface area contributed by atoms with Crippen LogP contribution in [0.5, 0.6) is 0 Å². The first kappa shape index (κ1) is 31.7. The Hall–Kier alpha value is -5.77. The minimum Gasteiger partial charge on any atom is -0.350 e. The van der Waals surface area contributed by atoms with Gasteiger partial charge in [0.1, 0.15) is 18.2 Å². The molecule has 3 heterocycles. The Kier molecular flexibility index (Phi) is 7.45. The summed E-state index contributed by atoms with van der Waals surface area (Å²) in [5, 5.41) is 13.1. The zero-order valence-electron chi connectivity index (χ0n) is 29.7. The van der Waals surface area contributed by atoms with Gasteiger partial charge in [-0.3, -0.25) is 5.32 Å².